The molecule has 2 aromatic rings. The van der Waals surface area contributed by atoms with Crippen LogP contribution in [0, 0.1) is 5.82 Å². The molecule has 0 atom stereocenters. The van der Waals surface area contributed by atoms with E-state index in [0.717, 1.165) is 30.2 Å². The standard InChI is InChI=1S/C18H22FN5O/c1-22(2)16-12-17(21-20-13-16)23-7-9-24(10-8-23)18(25)11-14-3-5-15(19)6-4-14/h3-6,12-13H,7-11H2,1-2H3. The van der Waals surface area contributed by atoms with E-state index in [-0.39, 0.29) is 11.7 Å². The van der Waals surface area contributed by atoms with Gasteiger partial charge < -0.3 is 14.7 Å². The maximum atomic E-state index is 12.9. The molecule has 1 saturated heterocycles. The van der Waals surface area contributed by atoms with Crippen molar-refractivity contribution in [1.82, 2.24) is 15.1 Å². The topological polar surface area (TPSA) is 52.6 Å². The highest BCUT2D eigenvalue weighted by atomic mass is 19.1. The lowest BCUT2D eigenvalue weighted by Gasteiger charge is -2.35. The zero-order valence-corrected chi connectivity index (χ0v) is 14.5. The molecule has 7 heteroatoms. The zero-order chi connectivity index (χ0) is 17.8. The Morgan fingerprint density at radius 1 is 1.16 bits per heavy atom. The van der Waals surface area contributed by atoms with E-state index in [1.807, 2.05) is 30.0 Å². The highest BCUT2D eigenvalue weighted by molar-refractivity contribution is 5.79. The first-order valence-electron chi connectivity index (χ1n) is 8.30. The molecule has 3 rings (SSSR count). The van der Waals surface area contributed by atoms with Gasteiger partial charge in [-0.3, -0.25) is 4.79 Å². The molecule has 1 aliphatic heterocycles. The Labute approximate surface area is 146 Å². The number of anilines is 2. The highest BCUT2D eigenvalue weighted by Crippen LogP contribution is 2.18. The Kier molecular flexibility index (Phi) is 5.11. The summed E-state index contributed by atoms with van der Waals surface area (Å²) in [7, 11) is 3.93. The fourth-order valence-corrected chi connectivity index (χ4v) is 2.82. The predicted molar refractivity (Wildman–Crippen MR) is 95.3 cm³/mol. The average molecular weight is 343 g/mol. The second-order valence-electron chi connectivity index (χ2n) is 6.34. The molecule has 0 bridgehead atoms. The molecule has 1 fully saturated rings. The smallest absolute Gasteiger partial charge is 0.227 e. The number of piperazine rings is 1. The monoisotopic (exact) mass is 343 g/mol. The largest absolute Gasteiger partial charge is 0.376 e. The van der Waals surface area contributed by atoms with Crippen LogP contribution < -0.4 is 9.80 Å². The van der Waals surface area contributed by atoms with Crippen LogP contribution in [0.25, 0.3) is 0 Å². The van der Waals surface area contributed by atoms with Crippen LogP contribution in [0.2, 0.25) is 0 Å². The maximum Gasteiger partial charge on any atom is 0.227 e. The number of halogens is 1. The number of benzene rings is 1. The number of hydrogen-bond donors (Lipinski definition) is 0. The van der Waals surface area contributed by atoms with Gasteiger partial charge >= 0.3 is 0 Å². The molecule has 132 valence electrons. The van der Waals surface area contributed by atoms with Crippen LogP contribution in [0.1, 0.15) is 5.56 Å². The fourth-order valence-electron chi connectivity index (χ4n) is 2.82. The molecule has 0 spiro atoms. The van der Waals surface area contributed by atoms with Gasteiger partial charge in [-0.15, -0.1) is 5.10 Å². The van der Waals surface area contributed by atoms with Crippen molar-refractivity contribution < 1.29 is 9.18 Å². The summed E-state index contributed by atoms with van der Waals surface area (Å²) in [6.07, 6.45) is 2.03. The van der Waals surface area contributed by atoms with Gasteiger partial charge in [0.05, 0.1) is 18.3 Å². The second-order valence-corrected chi connectivity index (χ2v) is 6.34. The third-order valence-electron chi connectivity index (χ3n) is 4.37. The minimum atomic E-state index is -0.286. The van der Waals surface area contributed by atoms with Crippen molar-refractivity contribution in [2.45, 2.75) is 6.42 Å². The van der Waals surface area contributed by atoms with E-state index in [9.17, 15) is 9.18 Å². The van der Waals surface area contributed by atoms with Crippen LogP contribution in [0.5, 0.6) is 0 Å². The molecular weight excluding hydrogens is 321 g/mol. The number of carbonyl (C=O) groups excluding carboxylic acids is 1. The summed E-state index contributed by atoms with van der Waals surface area (Å²) >= 11 is 0. The van der Waals surface area contributed by atoms with Gasteiger partial charge in [0.2, 0.25) is 5.91 Å². The maximum absolute atomic E-state index is 12.9. The molecule has 0 radical (unpaired) electrons. The first-order valence-corrected chi connectivity index (χ1v) is 8.30. The van der Waals surface area contributed by atoms with Crippen LogP contribution in [0.15, 0.2) is 36.5 Å². The first kappa shape index (κ1) is 17.1. The number of nitrogens with zero attached hydrogens (tertiary/aromatic N) is 5. The van der Waals surface area contributed by atoms with E-state index in [0.29, 0.717) is 19.5 Å². The van der Waals surface area contributed by atoms with E-state index >= 15 is 0 Å². The molecule has 1 aliphatic rings. The third-order valence-corrected chi connectivity index (χ3v) is 4.37. The highest BCUT2D eigenvalue weighted by Gasteiger charge is 2.22. The Hall–Kier alpha value is -2.70. The molecule has 1 amide bonds. The molecule has 0 saturated carbocycles. The Morgan fingerprint density at radius 2 is 1.84 bits per heavy atom. The van der Waals surface area contributed by atoms with E-state index in [1.54, 1.807) is 18.3 Å². The van der Waals surface area contributed by atoms with Crippen LogP contribution in [-0.2, 0) is 11.2 Å². The number of amides is 1. The molecule has 0 unspecified atom stereocenters. The molecule has 1 aromatic carbocycles. The second kappa shape index (κ2) is 7.46. The molecule has 0 N–H and O–H groups in total. The van der Waals surface area contributed by atoms with Crippen LogP contribution >= 0.6 is 0 Å². The van der Waals surface area contributed by atoms with Crippen molar-refractivity contribution in [2.75, 3.05) is 50.1 Å². The Bertz CT molecular complexity index is 727. The minimum Gasteiger partial charge on any atom is -0.376 e. The summed E-state index contributed by atoms with van der Waals surface area (Å²) in [4.78, 5) is 18.4. The quantitative estimate of drug-likeness (QED) is 0.844. The van der Waals surface area contributed by atoms with Gasteiger partial charge in [0.25, 0.3) is 0 Å². The SMILES string of the molecule is CN(C)c1cnnc(N2CCN(C(=O)Cc3ccc(F)cc3)CC2)c1. The van der Waals surface area contributed by atoms with Crippen molar-refractivity contribution in [3.8, 4) is 0 Å². The Morgan fingerprint density at radius 3 is 2.48 bits per heavy atom. The lowest BCUT2D eigenvalue weighted by atomic mass is 10.1. The fraction of sp³-hybridized carbons (Fsp3) is 0.389. The van der Waals surface area contributed by atoms with Crippen LogP contribution in [0.4, 0.5) is 15.9 Å². The molecule has 1 aromatic heterocycles. The lowest BCUT2D eigenvalue weighted by Crippen LogP contribution is -2.49. The van der Waals surface area contributed by atoms with Gasteiger partial charge in [-0.2, -0.15) is 5.10 Å². The molecule has 6 nitrogen and oxygen atoms in total. The van der Waals surface area contributed by atoms with E-state index in [1.165, 1.54) is 12.1 Å². The molecular formula is C18H22FN5O. The summed E-state index contributed by atoms with van der Waals surface area (Å²) in [5.74, 6) is 0.613. The van der Waals surface area contributed by atoms with Gasteiger partial charge in [0.15, 0.2) is 5.82 Å². The van der Waals surface area contributed by atoms with E-state index in [2.05, 4.69) is 15.1 Å². The normalized spacial score (nSPS) is 14.5. The number of aromatic nitrogens is 2. The van der Waals surface area contributed by atoms with Crippen LogP contribution in [0.3, 0.4) is 0 Å². The summed E-state index contributed by atoms with van der Waals surface area (Å²) in [6.45, 7) is 2.74. The van der Waals surface area contributed by atoms with Crippen molar-refractivity contribution in [3.63, 3.8) is 0 Å². The number of carbonyl (C=O) groups is 1. The number of rotatable bonds is 4. The van der Waals surface area contributed by atoms with E-state index < -0.39 is 0 Å². The van der Waals surface area contributed by atoms with Gasteiger partial charge in [0.1, 0.15) is 5.82 Å². The summed E-state index contributed by atoms with van der Waals surface area (Å²) in [5, 5.41) is 8.26. The number of hydrogen-bond acceptors (Lipinski definition) is 5. The van der Waals surface area contributed by atoms with Gasteiger partial charge in [-0.25, -0.2) is 4.39 Å². The van der Waals surface area contributed by atoms with Gasteiger partial charge in [0, 0.05) is 46.3 Å². The summed E-state index contributed by atoms with van der Waals surface area (Å²) in [6, 6.07) is 8.09. The Balaban J connectivity index is 1.57. The first-order chi connectivity index (χ1) is 12.0. The predicted octanol–water partition coefficient (Wildman–Crippen LogP) is 1.57. The molecule has 25 heavy (non-hydrogen) atoms. The minimum absolute atomic E-state index is 0.0689. The average Bonchev–Trinajstić information content (AvgIpc) is 2.64. The van der Waals surface area contributed by atoms with Crippen LogP contribution in [-0.4, -0.2) is 61.3 Å². The molecule has 2 heterocycles. The van der Waals surface area contributed by atoms with Crippen molar-refractivity contribution in [3.05, 3.63) is 47.9 Å². The van der Waals surface area contributed by atoms with Gasteiger partial charge in [-0.1, -0.05) is 12.1 Å². The van der Waals surface area contributed by atoms with Crippen molar-refractivity contribution >= 4 is 17.4 Å². The molecule has 0 aliphatic carbocycles. The summed E-state index contributed by atoms with van der Waals surface area (Å²) in [5.41, 5.74) is 1.83. The third kappa shape index (κ3) is 4.23. The van der Waals surface area contributed by atoms with Gasteiger partial charge in [-0.05, 0) is 17.7 Å². The zero-order valence-electron chi connectivity index (χ0n) is 14.5. The lowest BCUT2D eigenvalue weighted by molar-refractivity contribution is -0.130. The van der Waals surface area contributed by atoms with Crippen molar-refractivity contribution in [2.24, 2.45) is 0 Å². The van der Waals surface area contributed by atoms with E-state index in [4.69, 9.17) is 0 Å². The summed E-state index contributed by atoms with van der Waals surface area (Å²) < 4.78 is 12.9. The van der Waals surface area contributed by atoms with Crippen molar-refractivity contribution in [1.29, 1.82) is 0 Å².